The number of rotatable bonds is 1. The third kappa shape index (κ3) is 1.79. The smallest absolute Gasteiger partial charge is 0.308 e. The molecule has 14 heavy (non-hydrogen) atoms. The van der Waals surface area contributed by atoms with Crippen LogP contribution in [0, 0.1) is 17.8 Å². The predicted octanol–water partition coefficient (Wildman–Crippen LogP) is 2.77. The van der Waals surface area contributed by atoms with Gasteiger partial charge in [0.25, 0.3) is 0 Å². The van der Waals surface area contributed by atoms with Crippen LogP contribution >= 0.6 is 0 Å². The van der Waals surface area contributed by atoms with E-state index in [0.717, 1.165) is 12.3 Å². The van der Waals surface area contributed by atoms with Crippen molar-refractivity contribution in [2.45, 2.75) is 44.9 Å². The third-order valence-electron chi connectivity index (χ3n) is 4.08. The Bertz CT molecular complexity index is 210. The van der Waals surface area contributed by atoms with Crippen LogP contribution in [0.3, 0.4) is 0 Å². The van der Waals surface area contributed by atoms with E-state index in [-0.39, 0.29) is 11.9 Å². The lowest BCUT2D eigenvalue weighted by Gasteiger charge is -2.39. The van der Waals surface area contributed by atoms with Gasteiger partial charge in [0.1, 0.15) is 0 Å². The van der Waals surface area contributed by atoms with Gasteiger partial charge >= 0.3 is 5.97 Å². The van der Waals surface area contributed by atoms with Gasteiger partial charge in [-0.1, -0.05) is 32.1 Å². The molecule has 0 amide bonds. The Labute approximate surface area is 86.0 Å². The van der Waals surface area contributed by atoms with Gasteiger partial charge in [-0.05, 0) is 24.7 Å². The number of fused-ring (bicyclic) bond motifs is 1. The summed E-state index contributed by atoms with van der Waals surface area (Å²) >= 11 is 0. The first-order valence-electron chi connectivity index (χ1n) is 5.90. The number of esters is 1. The molecule has 0 aromatic carbocycles. The zero-order chi connectivity index (χ0) is 9.97. The summed E-state index contributed by atoms with van der Waals surface area (Å²) in [7, 11) is 1.52. The Hall–Kier alpha value is -0.530. The van der Waals surface area contributed by atoms with Crippen LogP contribution in [0.25, 0.3) is 0 Å². The maximum atomic E-state index is 11.6. The summed E-state index contributed by atoms with van der Waals surface area (Å²) < 4.78 is 4.90. The minimum Gasteiger partial charge on any atom is -0.469 e. The van der Waals surface area contributed by atoms with Gasteiger partial charge < -0.3 is 4.74 Å². The number of carbonyl (C=O) groups excluding carboxylic acids is 1. The highest BCUT2D eigenvalue weighted by Crippen LogP contribution is 2.44. The van der Waals surface area contributed by atoms with E-state index in [1.165, 1.54) is 45.6 Å². The molecule has 0 aromatic rings. The standard InChI is InChI=1S/C12H20O2/c1-14-12(13)11-8-4-6-9-5-2-3-7-10(9)11/h9-11H,2-8H2,1H3/t9-,10+,11-/m1/s1. The lowest BCUT2D eigenvalue weighted by molar-refractivity contribution is -0.150. The van der Waals surface area contributed by atoms with E-state index >= 15 is 0 Å². The maximum absolute atomic E-state index is 11.6. The van der Waals surface area contributed by atoms with E-state index in [1.807, 2.05) is 0 Å². The fraction of sp³-hybridized carbons (Fsp3) is 0.917. The minimum atomic E-state index is 0.0431. The molecule has 0 unspecified atom stereocenters. The summed E-state index contributed by atoms with van der Waals surface area (Å²) in [5, 5.41) is 0. The van der Waals surface area contributed by atoms with Crippen molar-refractivity contribution in [1.82, 2.24) is 0 Å². The lowest BCUT2D eigenvalue weighted by Crippen LogP contribution is -2.36. The molecule has 2 nitrogen and oxygen atoms in total. The van der Waals surface area contributed by atoms with E-state index in [4.69, 9.17) is 4.74 Å². The largest absolute Gasteiger partial charge is 0.469 e. The predicted molar refractivity (Wildman–Crippen MR) is 54.8 cm³/mol. The van der Waals surface area contributed by atoms with Crippen molar-refractivity contribution in [3.8, 4) is 0 Å². The van der Waals surface area contributed by atoms with E-state index < -0.39 is 0 Å². The second-order valence-electron chi connectivity index (χ2n) is 4.77. The molecule has 2 saturated carbocycles. The zero-order valence-corrected chi connectivity index (χ0v) is 9.00. The Morgan fingerprint density at radius 2 is 1.79 bits per heavy atom. The first-order valence-corrected chi connectivity index (χ1v) is 5.90. The molecule has 2 aliphatic rings. The van der Waals surface area contributed by atoms with E-state index in [9.17, 15) is 4.79 Å². The summed E-state index contributed by atoms with van der Waals surface area (Å²) in [5.74, 6) is 1.73. The molecule has 0 bridgehead atoms. The van der Waals surface area contributed by atoms with Gasteiger partial charge in [-0.3, -0.25) is 4.79 Å². The third-order valence-corrected chi connectivity index (χ3v) is 4.08. The molecule has 0 aromatic heterocycles. The normalized spacial score (nSPS) is 37.4. The van der Waals surface area contributed by atoms with Crippen LogP contribution < -0.4 is 0 Å². The summed E-state index contributed by atoms with van der Waals surface area (Å²) in [4.78, 5) is 11.6. The SMILES string of the molecule is COC(=O)[C@@H]1CCC[C@H]2CCCC[C@@H]21. The molecule has 0 saturated heterocycles. The molecule has 3 atom stereocenters. The first-order chi connectivity index (χ1) is 6.83. The number of hydrogen-bond acceptors (Lipinski definition) is 2. The molecule has 0 heterocycles. The fourth-order valence-corrected chi connectivity index (χ4v) is 3.38. The molecular weight excluding hydrogens is 176 g/mol. The molecular formula is C12H20O2. The molecule has 2 fully saturated rings. The Morgan fingerprint density at radius 3 is 2.57 bits per heavy atom. The molecule has 80 valence electrons. The van der Waals surface area contributed by atoms with Crippen LogP contribution in [0.2, 0.25) is 0 Å². The minimum absolute atomic E-state index is 0.0431. The lowest BCUT2D eigenvalue weighted by atomic mass is 9.65. The fourth-order valence-electron chi connectivity index (χ4n) is 3.38. The quantitative estimate of drug-likeness (QED) is 0.603. The molecule has 2 heteroatoms. The van der Waals surface area contributed by atoms with Gasteiger partial charge in [-0.25, -0.2) is 0 Å². The van der Waals surface area contributed by atoms with Gasteiger partial charge in [0, 0.05) is 0 Å². The van der Waals surface area contributed by atoms with Crippen LogP contribution in [0.4, 0.5) is 0 Å². The Balaban J connectivity index is 2.04. The van der Waals surface area contributed by atoms with Crippen molar-refractivity contribution in [1.29, 1.82) is 0 Å². The van der Waals surface area contributed by atoms with Gasteiger partial charge in [-0.15, -0.1) is 0 Å². The highest BCUT2D eigenvalue weighted by molar-refractivity contribution is 5.72. The summed E-state index contributed by atoms with van der Waals surface area (Å²) in [5.41, 5.74) is 0. The van der Waals surface area contributed by atoms with Crippen molar-refractivity contribution in [2.24, 2.45) is 17.8 Å². The highest BCUT2D eigenvalue weighted by atomic mass is 16.5. The van der Waals surface area contributed by atoms with Crippen molar-refractivity contribution < 1.29 is 9.53 Å². The van der Waals surface area contributed by atoms with Crippen LogP contribution in [0.15, 0.2) is 0 Å². The first kappa shape index (κ1) is 10.0. The highest BCUT2D eigenvalue weighted by Gasteiger charge is 2.38. The van der Waals surface area contributed by atoms with Gasteiger partial charge in [0.15, 0.2) is 0 Å². The summed E-state index contributed by atoms with van der Waals surface area (Å²) in [6.45, 7) is 0. The van der Waals surface area contributed by atoms with E-state index in [1.54, 1.807) is 0 Å². The second-order valence-corrected chi connectivity index (χ2v) is 4.77. The zero-order valence-electron chi connectivity index (χ0n) is 9.00. The van der Waals surface area contributed by atoms with Crippen molar-refractivity contribution in [2.75, 3.05) is 7.11 Å². The monoisotopic (exact) mass is 196 g/mol. The number of ether oxygens (including phenoxy) is 1. The van der Waals surface area contributed by atoms with Gasteiger partial charge in [-0.2, -0.15) is 0 Å². The Kier molecular flexibility index (Phi) is 3.09. The average Bonchev–Trinajstić information content (AvgIpc) is 2.27. The second kappa shape index (κ2) is 4.33. The average molecular weight is 196 g/mol. The van der Waals surface area contributed by atoms with Crippen molar-refractivity contribution in [3.63, 3.8) is 0 Å². The molecule has 0 aliphatic heterocycles. The molecule has 2 rings (SSSR count). The van der Waals surface area contributed by atoms with Crippen LogP contribution in [0.1, 0.15) is 44.9 Å². The summed E-state index contributed by atoms with van der Waals surface area (Å²) in [6.07, 6.45) is 8.92. The van der Waals surface area contributed by atoms with Crippen LogP contribution in [-0.2, 0) is 9.53 Å². The summed E-state index contributed by atoms with van der Waals surface area (Å²) in [6, 6.07) is 0. The maximum Gasteiger partial charge on any atom is 0.308 e. The molecule has 2 aliphatic carbocycles. The number of methoxy groups -OCH3 is 1. The van der Waals surface area contributed by atoms with Gasteiger partial charge in [0.05, 0.1) is 13.0 Å². The van der Waals surface area contributed by atoms with Gasteiger partial charge in [0.2, 0.25) is 0 Å². The topological polar surface area (TPSA) is 26.3 Å². The van der Waals surface area contributed by atoms with Crippen LogP contribution in [-0.4, -0.2) is 13.1 Å². The Morgan fingerprint density at radius 1 is 1.07 bits per heavy atom. The van der Waals surface area contributed by atoms with Crippen LogP contribution in [0.5, 0.6) is 0 Å². The molecule has 0 N–H and O–H groups in total. The molecule has 0 spiro atoms. The van der Waals surface area contributed by atoms with Crippen molar-refractivity contribution >= 4 is 5.97 Å². The number of carbonyl (C=O) groups is 1. The number of hydrogen-bond donors (Lipinski definition) is 0. The van der Waals surface area contributed by atoms with Crippen molar-refractivity contribution in [3.05, 3.63) is 0 Å². The van der Waals surface area contributed by atoms with E-state index in [0.29, 0.717) is 5.92 Å². The molecule has 0 radical (unpaired) electrons. The van der Waals surface area contributed by atoms with E-state index in [2.05, 4.69) is 0 Å².